The number of nitrogens with one attached hydrogen (secondary N) is 1. The van der Waals surface area contributed by atoms with Crippen molar-refractivity contribution in [1.29, 1.82) is 0 Å². The Morgan fingerprint density at radius 3 is 2.22 bits per heavy atom. The van der Waals surface area contributed by atoms with Gasteiger partial charge in [0.05, 0.1) is 12.0 Å². The lowest BCUT2D eigenvalue weighted by Crippen LogP contribution is -2.40. The molecule has 2 aromatic carbocycles. The van der Waals surface area contributed by atoms with Gasteiger partial charge in [0.2, 0.25) is 5.78 Å². The van der Waals surface area contributed by atoms with Gasteiger partial charge >= 0.3 is 12.3 Å². The molecule has 0 aromatic heterocycles. The Bertz CT molecular complexity index is 800. The topological polar surface area (TPSA) is 91.8 Å². The van der Waals surface area contributed by atoms with Crippen LogP contribution in [0.25, 0.3) is 5.53 Å². The van der Waals surface area contributed by atoms with Gasteiger partial charge in [0.1, 0.15) is 6.61 Å². The highest BCUT2D eigenvalue weighted by molar-refractivity contribution is 6.26. The molecule has 0 bridgehead atoms. The zero-order valence-electron chi connectivity index (χ0n) is 15.4. The molecule has 1 N–H and O–H groups in total. The van der Waals surface area contributed by atoms with E-state index >= 15 is 0 Å². The Morgan fingerprint density at radius 1 is 1.07 bits per heavy atom. The van der Waals surface area contributed by atoms with Gasteiger partial charge < -0.3 is 15.6 Å². The number of hydrogen-bond acceptors (Lipinski definition) is 3. The Balaban J connectivity index is 2.20. The number of benzene rings is 2. The Hall–Kier alpha value is -3.24. The number of rotatable bonds is 8. The van der Waals surface area contributed by atoms with E-state index in [1.165, 1.54) is 0 Å². The number of ketones is 1. The highest BCUT2D eigenvalue weighted by atomic mass is 16.5. The van der Waals surface area contributed by atoms with Crippen LogP contribution in [0.2, 0.25) is 0 Å². The number of amides is 1. The van der Waals surface area contributed by atoms with Gasteiger partial charge in [0.15, 0.2) is 0 Å². The first-order valence-corrected chi connectivity index (χ1v) is 8.76. The van der Waals surface area contributed by atoms with Crippen LogP contribution in [0.1, 0.15) is 31.0 Å². The molecule has 0 saturated carbocycles. The molecule has 0 unspecified atom stereocenters. The Kier molecular flexibility index (Phi) is 7.47. The summed E-state index contributed by atoms with van der Waals surface area (Å²) in [5, 5.41) is 2.80. The molecule has 6 nitrogen and oxygen atoms in total. The molecular weight excluding hydrogens is 342 g/mol. The first-order valence-electron chi connectivity index (χ1n) is 8.76. The summed E-state index contributed by atoms with van der Waals surface area (Å²) < 4.78 is 5.31. The lowest BCUT2D eigenvalue weighted by molar-refractivity contribution is -0.121. The van der Waals surface area contributed by atoms with Crippen molar-refractivity contribution in [2.75, 3.05) is 0 Å². The van der Waals surface area contributed by atoms with Gasteiger partial charge in [-0.25, -0.2) is 4.79 Å². The summed E-state index contributed by atoms with van der Waals surface area (Å²) in [6.07, 6.45) is 0.254. The Morgan fingerprint density at radius 2 is 1.67 bits per heavy atom. The van der Waals surface area contributed by atoms with Crippen LogP contribution in [0.4, 0.5) is 4.79 Å². The zero-order chi connectivity index (χ0) is 19.6. The predicted octanol–water partition coefficient (Wildman–Crippen LogP) is 3.80. The van der Waals surface area contributed by atoms with Crippen molar-refractivity contribution in [2.45, 2.75) is 26.5 Å². The van der Waals surface area contributed by atoms with Gasteiger partial charge in [-0.15, -0.1) is 0 Å². The highest BCUT2D eigenvalue weighted by Gasteiger charge is 2.34. The first-order chi connectivity index (χ1) is 13.0. The summed E-state index contributed by atoms with van der Waals surface area (Å²) in [5.74, 6) is -1.08. The average molecular weight is 365 g/mol. The van der Waals surface area contributed by atoms with E-state index in [-0.39, 0.29) is 18.3 Å². The fourth-order valence-corrected chi connectivity index (χ4v) is 2.95. The second-order valence-electron chi connectivity index (χ2n) is 6.51. The molecule has 0 heterocycles. The van der Waals surface area contributed by atoms with E-state index in [2.05, 4.69) is 10.1 Å². The predicted molar refractivity (Wildman–Crippen MR) is 102 cm³/mol. The number of Topliss-reactive ketones (excluding diaryl/α,β-unsaturated/α-hetero) is 1. The summed E-state index contributed by atoms with van der Waals surface area (Å²) in [5.41, 5.74) is 10.4. The molecule has 0 saturated heterocycles. The van der Waals surface area contributed by atoms with Crippen LogP contribution in [0.5, 0.6) is 0 Å². The van der Waals surface area contributed by atoms with Gasteiger partial charge in [0.25, 0.3) is 0 Å². The van der Waals surface area contributed by atoms with E-state index in [0.29, 0.717) is 0 Å². The van der Waals surface area contributed by atoms with E-state index in [4.69, 9.17) is 10.3 Å². The summed E-state index contributed by atoms with van der Waals surface area (Å²) in [6, 6.07) is 17.9. The number of hydrogen-bond donors (Lipinski definition) is 1. The maximum Gasteiger partial charge on any atom is 0.407 e. The van der Waals surface area contributed by atoms with Crippen LogP contribution in [0.15, 0.2) is 60.7 Å². The molecule has 2 atom stereocenters. The minimum absolute atomic E-state index is 0.102. The molecule has 0 radical (unpaired) electrons. The second kappa shape index (κ2) is 10.0. The quantitative estimate of drug-likeness (QED) is 0.438. The average Bonchev–Trinajstić information content (AvgIpc) is 2.67. The maximum atomic E-state index is 12.5. The van der Waals surface area contributed by atoms with Crippen LogP contribution < -0.4 is 5.32 Å². The minimum Gasteiger partial charge on any atom is -0.445 e. The standard InChI is InChI=1S/C21H23N3O3/c1-15(2)19(18(25)13-23-22)20(17-11-7-4-8-12-17)24-21(26)27-14-16-9-5-3-6-10-16/h3-13,15,19-20H,14H2,1-2H3,(H,24,26)/t19-,20+/m0/s1. The monoisotopic (exact) mass is 365 g/mol. The summed E-state index contributed by atoms with van der Waals surface area (Å²) >= 11 is 0. The molecule has 0 spiro atoms. The van der Waals surface area contributed by atoms with E-state index in [1.54, 1.807) is 0 Å². The van der Waals surface area contributed by atoms with Crippen molar-refractivity contribution >= 4 is 18.1 Å². The highest BCUT2D eigenvalue weighted by Crippen LogP contribution is 2.29. The maximum absolute atomic E-state index is 12.5. The fraction of sp³-hybridized carbons (Fsp3) is 0.286. The number of carbonyl (C=O) groups excluding carboxylic acids is 2. The zero-order valence-corrected chi connectivity index (χ0v) is 15.4. The molecule has 0 aliphatic carbocycles. The SMILES string of the molecule is CC(C)[C@@H](C(=O)C=[N+]=[N-])[C@H](NC(=O)OCc1ccccc1)c1ccccc1. The van der Waals surface area contributed by atoms with Crippen LogP contribution in [0.3, 0.4) is 0 Å². The van der Waals surface area contributed by atoms with Crippen molar-refractivity contribution in [2.24, 2.45) is 11.8 Å². The van der Waals surface area contributed by atoms with Crippen LogP contribution in [-0.4, -0.2) is 22.9 Å². The number of ether oxygens (including phenoxy) is 1. The third-order valence-corrected chi connectivity index (χ3v) is 4.24. The lowest BCUT2D eigenvalue weighted by Gasteiger charge is -2.28. The van der Waals surface area contributed by atoms with Crippen molar-refractivity contribution in [1.82, 2.24) is 5.32 Å². The van der Waals surface area contributed by atoms with Crippen LogP contribution in [-0.2, 0) is 16.1 Å². The van der Waals surface area contributed by atoms with E-state index in [1.807, 2.05) is 74.5 Å². The summed E-state index contributed by atoms with van der Waals surface area (Å²) in [4.78, 5) is 27.7. The van der Waals surface area contributed by atoms with Gasteiger partial charge in [-0.05, 0) is 17.0 Å². The molecule has 27 heavy (non-hydrogen) atoms. The van der Waals surface area contributed by atoms with Crippen LogP contribution >= 0.6 is 0 Å². The third kappa shape index (κ3) is 5.90. The van der Waals surface area contributed by atoms with Gasteiger partial charge in [-0.1, -0.05) is 74.5 Å². The van der Waals surface area contributed by atoms with Crippen LogP contribution in [0, 0.1) is 11.8 Å². The van der Waals surface area contributed by atoms with Gasteiger partial charge in [-0.3, -0.25) is 4.79 Å². The molecular formula is C21H23N3O3. The summed E-state index contributed by atoms with van der Waals surface area (Å²) in [7, 11) is 0. The van der Waals surface area contributed by atoms with Gasteiger partial charge in [-0.2, -0.15) is 4.79 Å². The fourth-order valence-electron chi connectivity index (χ4n) is 2.95. The smallest absolute Gasteiger partial charge is 0.407 e. The van der Waals surface area contributed by atoms with Crippen molar-refractivity contribution < 1.29 is 19.1 Å². The van der Waals surface area contributed by atoms with E-state index in [0.717, 1.165) is 17.3 Å². The van der Waals surface area contributed by atoms with E-state index < -0.39 is 18.1 Å². The molecule has 0 fully saturated rings. The van der Waals surface area contributed by atoms with Crippen molar-refractivity contribution in [3.63, 3.8) is 0 Å². The Labute approximate surface area is 158 Å². The van der Waals surface area contributed by atoms with Gasteiger partial charge in [0, 0.05) is 0 Å². The number of carbonyl (C=O) groups is 2. The van der Waals surface area contributed by atoms with E-state index in [9.17, 15) is 9.59 Å². The molecule has 0 aliphatic rings. The molecule has 140 valence electrons. The van der Waals surface area contributed by atoms with Crippen molar-refractivity contribution in [3.05, 3.63) is 77.3 Å². The molecule has 0 aliphatic heterocycles. The normalized spacial score (nSPS) is 12.6. The second-order valence-corrected chi connectivity index (χ2v) is 6.51. The van der Waals surface area contributed by atoms with Crippen molar-refractivity contribution in [3.8, 4) is 0 Å². The molecule has 1 amide bonds. The molecule has 6 heteroatoms. The largest absolute Gasteiger partial charge is 0.445 e. The lowest BCUT2D eigenvalue weighted by atomic mass is 9.81. The minimum atomic E-state index is -0.618. The molecule has 2 rings (SSSR count). The molecule has 2 aromatic rings. The number of alkyl carbamates (subject to hydrolysis) is 1. The first kappa shape index (κ1) is 20.1. The number of nitrogens with zero attached hydrogens (tertiary/aromatic N) is 2. The third-order valence-electron chi connectivity index (χ3n) is 4.24. The summed E-state index contributed by atoms with van der Waals surface area (Å²) in [6.45, 7) is 3.88.